The fraction of sp³-hybridized carbons (Fsp3) is 0.353. The third-order valence-electron chi connectivity index (χ3n) is 7.95. The molecule has 0 radical (unpaired) electrons. The number of hydrogen-bond donors (Lipinski definition) is 2. The van der Waals surface area contributed by atoms with E-state index in [2.05, 4.69) is 10.6 Å². The highest BCUT2D eigenvalue weighted by atomic mass is 35.5. The number of nitrogens with one attached hydrogen (secondary N) is 2. The van der Waals surface area contributed by atoms with Gasteiger partial charge < -0.3 is 15.5 Å². The molecule has 1 aliphatic carbocycles. The van der Waals surface area contributed by atoms with Gasteiger partial charge in [-0.05, 0) is 85.7 Å². The average molecular weight is 651 g/mol. The fourth-order valence-corrected chi connectivity index (χ4v) is 6.79. The topological polar surface area (TPSA) is 87.2 Å². The molecule has 7 nitrogen and oxygen atoms in total. The van der Waals surface area contributed by atoms with Gasteiger partial charge in [-0.2, -0.15) is 4.98 Å². The molecule has 1 atom stereocenters. The van der Waals surface area contributed by atoms with Gasteiger partial charge in [0.05, 0.1) is 10.8 Å². The summed E-state index contributed by atoms with van der Waals surface area (Å²) in [4.78, 5) is 38.1. The van der Waals surface area contributed by atoms with Crippen LogP contribution in [0, 0.1) is 5.92 Å². The minimum atomic E-state index is -0.511. The monoisotopic (exact) mass is 649 g/mol. The maximum atomic E-state index is 13.4. The Labute approximate surface area is 273 Å². The Bertz CT molecular complexity index is 1580. The lowest BCUT2D eigenvalue weighted by atomic mass is 9.86. The van der Waals surface area contributed by atoms with Gasteiger partial charge >= 0.3 is 0 Å². The Hall–Kier alpha value is -3.33. The van der Waals surface area contributed by atoms with Gasteiger partial charge in [-0.15, -0.1) is 11.8 Å². The van der Waals surface area contributed by atoms with E-state index in [1.165, 1.54) is 11.8 Å². The summed E-state index contributed by atoms with van der Waals surface area (Å²) in [6.45, 7) is 0.593. The largest absolute Gasteiger partial charge is 0.362 e. The van der Waals surface area contributed by atoms with Crippen molar-refractivity contribution in [2.75, 3.05) is 30.9 Å². The fourth-order valence-electron chi connectivity index (χ4n) is 5.44. The molecular formula is C34H37Cl2N5O2S. The number of Topliss-reactive ketones (excluding diaryl/α,β-unsaturated/α-hetero) is 1. The summed E-state index contributed by atoms with van der Waals surface area (Å²) in [5, 5.41) is 8.47. The van der Waals surface area contributed by atoms with Crippen LogP contribution in [0.1, 0.15) is 48.0 Å². The first kappa shape index (κ1) is 32.1. The second-order valence-electron chi connectivity index (χ2n) is 11.4. The lowest BCUT2D eigenvalue weighted by Crippen LogP contribution is -2.39. The van der Waals surface area contributed by atoms with Crippen molar-refractivity contribution in [3.05, 3.63) is 94.0 Å². The summed E-state index contributed by atoms with van der Waals surface area (Å²) in [5.41, 5.74) is 2.52. The molecule has 0 saturated heterocycles. The third kappa shape index (κ3) is 8.65. The van der Waals surface area contributed by atoms with E-state index in [-0.39, 0.29) is 24.2 Å². The number of carbonyl (C=O) groups excluding carboxylic acids is 2. The standard InChI is InChI=1S/C34H37Cl2N5O2S/c1-41(2)32-28-5-3-4-6-29(28)39-34(40-32)38-27-17-9-22(10-18-27)20-37-33(43)31(44-21-23-7-13-25(35)14-8-23)19-30(42)24-11-15-26(36)16-12-24/h3-8,11-16,22,27,31H,9-10,17-21H2,1-2H3,(H,37,43)(H,38,39,40)/t22-,27+,31?. The number of para-hydroxylation sites is 1. The zero-order valence-electron chi connectivity index (χ0n) is 24.9. The van der Waals surface area contributed by atoms with Crippen molar-refractivity contribution in [3.63, 3.8) is 0 Å². The van der Waals surface area contributed by atoms with Gasteiger partial charge in [-0.1, -0.05) is 47.5 Å². The van der Waals surface area contributed by atoms with Gasteiger partial charge in [0.2, 0.25) is 11.9 Å². The number of thioether (sulfide) groups is 1. The third-order valence-corrected chi connectivity index (χ3v) is 9.73. The van der Waals surface area contributed by atoms with E-state index in [1.54, 1.807) is 24.3 Å². The molecule has 44 heavy (non-hydrogen) atoms. The van der Waals surface area contributed by atoms with E-state index in [9.17, 15) is 9.59 Å². The van der Waals surface area contributed by atoms with Crippen LogP contribution >= 0.6 is 35.0 Å². The number of nitrogens with zero attached hydrogens (tertiary/aromatic N) is 3. The van der Waals surface area contributed by atoms with Gasteiger partial charge in [0, 0.05) is 59.9 Å². The molecule has 4 aromatic rings. The first-order chi connectivity index (χ1) is 21.2. The first-order valence-corrected chi connectivity index (χ1v) is 16.7. The molecule has 2 N–H and O–H groups in total. The Morgan fingerprint density at radius 1 is 0.909 bits per heavy atom. The quantitative estimate of drug-likeness (QED) is 0.152. The van der Waals surface area contributed by atoms with Crippen LogP contribution < -0.4 is 15.5 Å². The summed E-state index contributed by atoms with van der Waals surface area (Å²) < 4.78 is 0. The van der Waals surface area contributed by atoms with Gasteiger partial charge in [-0.3, -0.25) is 9.59 Å². The van der Waals surface area contributed by atoms with E-state index >= 15 is 0 Å². The number of anilines is 2. The molecule has 3 aromatic carbocycles. The molecule has 1 saturated carbocycles. The van der Waals surface area contributed by atoms with Crippen LogP contribution in [0.2, 0.25) is 10.0 Å². The summed E-state index contributed by atoms with van der Waals surface area (Å²) in [5.74, 6) is 2.34. The maximum absolute atomic E-state index is 13.4. The zero-order chi connectivity index (χ0) is 31.1. The van der Waals surface area contributed by atoms with Crippen LogP contribution in [0.4, 0.5) is 11.8 Å². The zero-order valence-corrected chi connectivity index (χ0v) is 27.3. The summed E-state index contributed by atoms with van der Waals surface area (Å²) in [7, 11) is 3.98. The van der Waals surface area contributed by atoms with E-state index in [4.69, 9.17) is 33.2 Å². The Balaban J connectivity index is 1.15. The molecule has 10 heteroatoms. The molecule has 1 fully saturated rings. The molecule has 1 unspecified atom stereocenters. The molecule has 0 aliphatic heterocycles. The van der Waals surface area contributed by atoms with Crippen LogP contribution in [-0.4, -0.2) is 53.6 Å². The average Bonchev–Trinajstić information content (AvgIpc) is 3.03. The number of hydrogen-bond acceptors (Lipinski definition) is 7. The highest BCUT2D eigenvalue weighted by Crippen LogP contribution is 2.29. The summed E-state index contributed by atoms with van der Waals surface area (Å²) in [6, 6.07) is 22.7. The smallest absolute Gasteiger partial charge is 0.233 e. The van der Waals surface area contributed by atoms with E-state index < -0.39 is 5.25 Å². The predicted molar refractivity (Wildman–Crippen MR) is 183 cm³/mol. The van der Waals surface area contributed by atoms with Crippen molar-refractivity contribution in [1.29, 1.82) is 0 Å². The lowest BCUT2D eigenvalue weighted by Gasteiger charge is -2.30. The summed E-state index contributed by atoms with van der Waals surface area (Å²) >= 11 is 13.5. The molecular weight excluding hydrogens is 613 g/mol. The molecule has 5 rings (SSSR count). The maximum Gasteiger partial charge on any atom is 0.233 e. The van der Waals surface area contributed by atoms with Crippen molar-refractivity contribution in [3.8, 4) is 0 Å². The van der Waals surface area contributed by atoms with Crippen molar-refractivity contribution in [1.82, 2.24) is 15.3 Å². The number of fused-ring (bicyclic) bond motifs is 1. The predicted octanol–water partition coefficient (Wildman–Crippen LogP) is 7.66. The van der Waals surface area contributed by atoms with E-state index in [0.717, 1.165) is 48.0 Å². The molecule has 1 heterocycles. The van der Waals surface area contributed by atoms with Gasteiger partial charge in [0.25, 0.3) is 0 Å². The SMILES string of the molecule is CN(C)c1nc(N[C@H]2CC[C@@H](CNC(=O)C(CC(=O)c3ccc(Cl)cc3)SCc3ccc(Cl)cc3)CC2)nc2ccccc12. The van der Waals surface area contributed by atoms with Crippen LogP contribution in [0.5, 0.6) is 0 Å². The van der Waals surface area contributed by atoms with Crippen LogP contribution in [0.3, 0.4) is 0 Å². The molecule has 1 aliphatic rings. The van der Waals surface area contributed by atoms with Crippen molar-refractivity contribution in [2.45, 2.75) is 49.1 Å². The number of aromatic nitrogens is 2. The van der Waals surface area contributed by atoms with Crippen LogP contribution in [-0.2, 0) is 10.5 Å². The number of rotatable bonds is 12. The molecule has 0 spiro atoms. The molecule has 1 aromatic heterocycles. The molecule has 230 valence electrons. The van der Waals surface area contributed by atoms with Gasteiger partial charge in [0.15, 0.2) is 5.78 Å². The number of carbonyl (C=O) groups is 2. The van der Waals surface area contributed by atoms with Gasteiger partial charge in [0.1, 0.15) is 5.82 Å². The highest BCUT2D eigenvalue weighted by Gasteiger charge is 2.26. The van der Waals surface area contributed by atoms with Crippen molar-refractivity contribution >= 4 is 69.3 Å². The van der Waals surface area contributed by atoms with E-state index in [1.807, 2.05) is 67.5 Å². The highest BCUT2D eigenvalue weighted by molar-refractivity contribution is 7.99. The summed E-state index contributed by atoms with van der Waals surface area (Å²) in [6.07, 6.45) is 4.02. The van der Waals surface area contributed by atoms with Crippen molar-refractivity contribution in [2.24, 2.45) is 5.92 Å². The Morgan fingerprint density at radius 2 is 1.57 bits per heavy atom. The minimum Gasteiger partial charge on any atom is -0.362 e. The minimum absolute atomic E-state index is 0.0784. The molecule has 1 amide bonds. The number of benzene rings is 3. The number of ketones is 1. The Kier molecular flexibility index (Phi) is 11.0. The number of halogens is 2. The van der Waals surface area contributed by atoms with Crippen molar-refractivity contribution < 1.29 is 9.59 Å². The second kappa shape index (κ2) is 15.1. The molecule has 0 bridgehead atoms. The van der Waals surface area contributed by atoms with E-state index in [0.29, 0.717) is 39.8 Å². The lowest BCUT2D eigenvalue weighted by molar-refractivity contribution is -0.120. The first-order valence-electron chi connectivity index (χ1n) is 14.9. The second-order valence-corrected chi connectivity index (χ2v) is 13.5. The number of amides is 1. The van der Waals surface area contributed by atoms with Crippen LogP contribution in [0.15, 0.2) is 72.8 Å². The normalized spacial score (nSPS) is 17.2. The van der Waals surface area contributed by atoms with Gasteiger partial charge in [-0.25, -0.2) is 4.98 Å². The Morgan fingerprint density at radius 3 is 2.25 bits per heavy atom. The van der Waals surface area contributed by atoms with Crippen LogP contribution in [0.25, 0.3) is 10.9 Å².